The SMILES string of the molecule is O=C(NC[C@@H]1C[C@H]1c1ccccc1)N1CCC(C(=O)N2CCCC2)C1. The molecule has 134 valence electrons. The van der Waals surface area contributed by atoms with Crippen LogP contribution >= 0.6 is 0 Å². The number of carbonyl (C=O) groups is 2. The summed E-state index contributed by atoms with van der Waals surface area (Å²) < 4.78 is 0. The molecule has 0 bridgehead atoms. The van der Waals surface area contributed by atoms with Gasteiger partial charge in [-0.2, -0.15) is 0 Å². The number of amides is 3. The number of rotatable bonds is 4. The van der Waals surface area contributed by atoms with Gasteiger partial charge < -0.3 is 15.1 Å². The largest absolute Gasteiger partial charge is 0.342 e. The van der Waals surface area contributed by atoms with E-state index in [4.69, 9.17) is 0 Å². The summed E-state index contributed by atoms with van der Waals surface area (Å²) in [6.45, 7) is 3.80. The normalized spacial score (nSPS) is 28.2. The molecule has 3 amide bonds. The van der Waals surface area contributed by atoms with E-state index >= 15 is 0 Å². The van der Waals surface area contributed by atoms with Gasteiger partial charge in [-0.25, -0.2) is 4.79 Å². The van der Waals surface area contributed by atoms with Crippen LogP contribution in [0.2, 0.25) is 0 Å². The van der Waals surface area contributed by atoms with Crippen LogP contribution in [0.4, 0.5) is 4.79 Å². The van der Waals surface area contributed by atoms with Gasteiger partial charge in [-0.15, -0.1) is 0 Å². The molecular formula is C20H27N3O2. The molecule has 1 aliphatic carbocycles. The molecule has 0 spiro atoms. The first kappa shape index (κ1) is 16.4. The van der Waals surface area contributed by atoms with Gasteiger partial charge >= 0.3 is 6.03 Å². The van der Waals surface area contributed by atoms with E-state index in [0.29, 0.717) is 24.9 Å². The number of likely N-dealkylation sites (tertiary alicyclic amines) is 2. The van der Waals surface area contributed by atoms with E-state index < -0.39 is 0 Å². The Morgan fingerprint density at radius 1 is 1.04 bits per heavy atom. The molecule has 2 aliphatic heterocycles. The first-order valence-corrected chi connectivity index (χ1v) is 9.59. The van der Waals surface area contributed by atoms with Gasteiger partial charge in [-0.1, -0.05) is 30.3 Å². The first-order valence-electron chi connectivity index (χ1n) is 9.59. The van der Waals surface area contributed by atoms with E-state index in [1.54, 1.807) is 0 Å². The van der Waals surface area contributed by atoms with E-state index in [2.05, 4.69) is 29.6 Å². The third-order valence-electron chi connectivity index (χ3n) is 5.91. The Labute approximate surface area is 149 Å². The van der Waals surface area contributed by atoms with E-state index in [0.717, 1.165) is 45.3 Å². The van der Waals surface area contributed by atoms with Crippen molar-refractivity contribution in [1.82, 2.24) is 15.1 Å². The van der Waals surface area contributed by atoms with Crippen LogP contribution in [0.3, 0.4) is 0 Å². The molecule has 5 nitrogen and oxygen atoms in total. The quantitative estimate of drug-likeness (QED) is 0.914. The number of hydrogen-bond acceptors (Lipinski definition) is 2. The van der Waals surface area contributed by atoms with Crippen LogP contribution in [0.25, 0.3) is 0 Å². The molecule has 1 aromatic carbocycles. The third kappa shape index (κ3) is 3.65. The van der Waals surface area contributed by atoms with Gasteiger partial charge in [0.15, 0.2) is 0 Å². The third-order valence-corrected chi connectivity index (χ3v) is 5.91. The molecule has 25 heavy (non-hydrogen) atoms. The number of hydrogen-bond donors (Lipinski definition) is 1. The Bertz CT molecular complexity index is 627. The molecule has 0 radical (unpaired) electrons. The standard InChI is InChI=1S/C20H27N3O2/c24-19(22-9-4-5-10-22)16-8-11-23(14-16)20(25)21-13-17-12-18(17)15-6-2-1-3-7-15/h1-3,6-7,16-18H,4-5,8-14H2,(H,21,25)/t16?,17-,18-/m0/s1. The van der Waals surface area contributed by atoms with Gasteiger partial charge in [0.05, 0.1) is 5.92 Å². The van der Waals surface area contributed by atoms with Gasteiger partial charge in [0.1, 0.15) is 0 Å². The molecule has 1 saturated carbocycles. The van der Waals surface area contributed by atoms with Crippen LogP contribution in [-0.2, 0) is 4.79 Å². The number of nitrogens with one attached hydrogen (secondary N) is 1. The Kier molecular flexibility index (Phi) is 4.64. The molecule has 4 rings (SSSR count). The zero-order valence-corrected chi connectivity index (χ0v) is 14.7. The highest BCUT2D eigenvalue weighted by Gasteiger charge is 2.39. The lowest BCUT2D eigenvalue weighted by molar-refractivity contribution is -0.133. The fourth-order valence-electron chi connectivity index (χ4n) is 4.25. The summed E-state index contributed by atoms with van der Waals surface area (Å²) in [7, 11) is 0. The molecule has 2 saturated heterocycles. The zero-order valence-electron chi connectivity index (χ0n) is 14.7. The lowest BCUT2D eigenvalue weighted by Gasteiger charge is -2.21. The Morgan fingerprint density at radius 2 is 1.80 bits per heavy atom. The summed E-state index contributed by atoms with van der Waals surface area (Å²) in [4.78, 5) is 28.7. The van der Waals surface area contributed by atoms with E-state index in [1.165, 1.54) is 5.56 Å². The van der Waals surface area contributed by atoms with Crippen LogP contribution in [0.15, 0.2) is 30.3 Å². The maximum atomic E-state index is 12.5. The van der Waals surface area contributed by atoms with Crippen LogP contribution in [0.5, 0.6) is 0 Å². The van der Waals surface area contributed by atoms with Crippen molar-refractivity contribution >= 4 is 11.9 Å². The van der Waals surface area contributed by atoms with Crippen molar-refractivity contribution in [2.75, 3.05) is 32.7 Å². The monoisotopic (exact) mass is 341 g/mol. The van der Waals surface area contributed by atoms with Gasteiger partial charge in [0.25, 0.3) is 0 Å². The van der Waals surface area contributed by atoms with E-state index in [9.17, 15) is 9.59 Å². The molecular weight excluding hydrogens is 314 g/mol. The molecule has 5 heteroatoms. The maximum Gasteiger partial charge on any atom is 0.317 e. The molecule has 3 aliphatic rings. The van der Waals surface area contributed by atoms with Crippen LogP contribution in [0.1, 0.15) is 37.2 Å². The van der Waals surface area contributed by atoms with Crippen LogP contribution in [-0.4, -0.2) is 54.5 Å². The molecule has 1 aromatic rings. The molecule has 1 unspecified atom stereocenters. The number of carbonyl (C=O) groups excluding carboxylic acids is 2. The lowest BCUT2D eigenvalue weighted by atomic mass is 10.1. The first-order chi connectivity index (χ1) is 12.2. The second-order valence-corrected chi connectivity index (χ2v) is 7.66. The summed E-state index contributed by atoms with van der Waals surface area (Å²) in [5.41, 5.74) is 1.37. The van der Waals surface area contributed by atoms with Gasteiger partial charge in [0.2, 0.25) is 5.91 Å². The van der Waals surface area contributed by atoms with Gasteiger partial charge in [0, 0.05) is 32.7 Å². The highest BCUT2D eigenvalue weighted by atomic mass is 16.2. The average molecular weight is 341 g/mol. The molecule has 3 atom stereocenters. The molecule has 2 heterocycles. The van der Waals surface area contributed by atoms with Crippen LogP contribution < -0.4 is 5.32 Å². The number of nitrogens with zero attached hydrogens (tertiary/aromatic N) is 2. The highest BCUT2D eigenvalue weighted by molar-refractivity contribution is 5.81. The van der Waals surface area contributed by atoms with Crippen molar-refractivity contribution in [2.24, 2.45) is 11.8 Å². The van der Waals surface area contributed by atoms with E-state index in [-0.39, 0.29) is 17.9 Å². The van der Waals surface area contributed by atoms with Gasteiger partial charge in [-0.3, -0.25) is 4.79 Å². The predicted molar refractivity (Wildman–Crippen MR) is 96.2 cm³/mol. The molecule has 3 fully saturated rings. The lowest BCUT2D eigenvalue weighted by Crippen LogP contribution is -2.41. The van der Waals surface area contributed by atoms with Gasteiger partial charge in [-0.05, 0) is 43.1 Å². The summed E-state index contributed by atoms with van der Waals surface area (Å²) >= 11 is 0. The number of benzene rings is 1. The fraction of sp³-hybridized carbons (Fsp3) is 0.600. The summed E-state index contributed by atoms with van der Waals surface area (Å²) in [6, 6.07) is 10.5. The van der Waals surface area contributed by atoms with Crippen LogP contribution in [0, 0.1) is 11.8 Å². The Balaban J connectivity index is 1.21. The smallest absolute Gasteiger partial charge is 0.317 e. The Hall–Kier alpha value is -2.04. The van der Waals surface area contributed by atoms with Crippen molar-refractivity contribution in [3.05, 3.63) is 35.9 Å². The maximum absolute atomic E-state index is 12.5. The van der Waals surface area contributed by atoms with E-state index in [1.807, 2.05) is 15.9 Å². The molecule has 1 N–H and O–H groups in total. The summed E-state index contributed by atoms with van der Waals surface area (Å²) in [6.07, 6.45) is 4.19. The minimum atomic E-state index is -0.00423. The summed E-state index contributed by atoms with van der Waals surface area (Å²) in [5.74, 6) is 1.39. The predicted octanol–water partition coefficient (Wildman–Crippen LogP) is 2.44. The van der Waals surface area contributed by atoms with Crippen molar-refractivity contribution in [3.8, 4) is 0 Å². The topological polar surface area (TPSA) is 52.7 Å². The Morgan fingerprint density at radius 3 is 2.56 bits per heavy atom. The number of urea groups is 1. The van der Waals surface area contributed by atoms with Crippen molar-refractivity contribution in [1.29, 1.82) is 0 Å². The fourth-order valence-corrected chi connectivity index (χ4v) is 4.25. The second-order valence-electron chi connectivity index (χ2n) is 7.66. The van der Waals surface area contributed by atoms with Crippen molar-refractivity contribution in [2.45, 2.75) is 31.6 Å². The van der Waals surface area contributed by atoms with Crippen molar-refractivity contribution < 1.29 is 9.59 Å². The highest BCUT2D eigenvalue weighted by Crippen LogP contribution is 2.46. The molecule has 0 aromatic heterocycles. The minimum absolute atomic E-state index is 0.00171. The van der Waals surface area contributed by atoms with Crippen molar-refractivity contribution in [3.63, 3.8) is 0 Å². The second kappa shape index (κ2) is 7.06. The minimum Gasteiger partial charge on any atom is -0.342 e. The average Bonchev–Trinajstić information content (AvgIpc) is 3.06. The zero-order chi connectivity index (χ0) is 17.2. The summed E-state index contributed by atoms with van der Waals surface area (Å²) in [5, 5.41) is 3.08.